The summed E-state index contributed by atoms with van der Waals surface area (Å²) >= 11 is 0. The second-order valence-corrected chi connectivity index (χ2v) is 3.72. The first kappa shape index (κ1) is 12.3. The zero-order chi connectivity index (χ0) is 9.97. The molecule has 0 saturated carbocycles. The first-order valence-corrected chi connectivity index (χ1v) is 4.97. The fraction of sp³-hybridized carbons (Fsp3) is 0.667. The van der Waals surface area contributed by atoms with Crippen LogP contribution in [-0.4, -0.2) is 33.3 Å². The Hall–Kier alpha value is -0.750. The van der Waals surface area contributed by atoms with Gasteiger partial charge in [0.15, 0.2) is 0 Å². The van der Waals surface area contributed by atoms with E-state index in [4.69, 9.17) is 0 Å². The Morgan fingerprint density at radius 2 is 2.27 bits per heavy atom. The summed E-state index contributed by atoms with van der Waals surface area (Å²) in [4.78, 5) is 1.64. The van der Waals surface area contributed by atoms with Crippen LogP contribution in [0.15, 0.2) is 6.08 Å². The van der Waals surface area contributed by atoms with Gasteiger partial charge in [-0.3, -0.25) is 0 Å². The number of halogens is 1. The highest BCUT2D eigenvalue weighted by Crippen LogP contribution is 2.11. The Balaban J connectivity index is 0.00000112. The fourth-order valence-electron chi connectivity index (χ4n) is 1.39. The van der Waals surface area contributed by atoms with Crippen LogP contribution < -0.4 is 5.32 Å². The number of hydrogen-bond donors (Lipinski definition) is 1. The largest absolute Gasteiger partial charge is 0.312 e. The van der Waals surface area contributed by atoms with E-state index >= 15 is 0 Å². The van der Waals surface area contributed by atoms with Gasteiger partial charge in [0, 0.05) is 12.1 Å². The Kier molecular flexibility index (Phi) is 4.41. The van der Waals surface area contributed by atoms with Crippen LogP contribution in [0, 0.1) is 0 Å². The van der Waals surface area contributed by atoms with Crippen LogP contribution in [0.1, 0.15) is 32.1 Å². The molecule has 0 spiro atoms. The van der Waals surface area contributed by atoms with Crippen molar-refractivity contribution in [1.82, 2.24) is 25.5 Å². The highest BCUT2D eigenvalue weighted by Gasteiger charge is 2.11. The third kappa shape index (κ3) is 2.85. The van der Waals surface area contributed by atoms with Crippen LogP contribution in [0.3, 0.4) is 0 Å². The Labute approximate surface area is 99.7 Å². The SMILES string of the molecule is Br.CC(C)n1nnc(C2=CCCNC2)n1. The van der Waals surface area contributed by atoms with Crippen molar-refractivity contribution in [1.29, 1.82) is 0 Å². The first-order chi connectivity index (χ1) is 6.77. The number of nitrogens with zero attached hydrogens (tertiary/aromatic N) is 4. The van der Waals surface area contributed by atoms with Crippen molar-refractivity contribution < 1.29 is 0 Å². The minimum Gasteiger partial charge on any atom is -0.312 e. The summed E-state index contributed by atoms with van der Waals surface area (Å²) in [7, 11) is 0. The van der Waals surface area contributed by atoms with E-state index in [1.54, 1.807) is 4.80 Å². The summed E-state index contributed by atoms with van der Waals surface area (Å²) in [6, 6.07) is 0.272. The molecule has 1 aliphatic heterocycles. The predicted octanol–water partition coefficient (Wildman–Crippen LogP) is 1.21. The summed E-state index contributed by atoms with van der Waals surface area (Å²) in [5, 5.41) is 15.6. The van der Waals surface area contributed by atoms with Crippen molar-refractivity contribution >= 4 is 22.6 Å². The molecule has 0 unspecified atom stereocenters. The minimum atomic E-state index is 0. The maximum atomic E-state index is 4.32. The quantitative estimate of drug-likeness (QED) is 0.880. The molecule has 0 amide bonds. The molecule has 84 valence electrons. The number of rotatable bonds is 2. The summed E-state index contributed by atoms with van der Waals surface area (Å²) in [5.41, 5.74) is 1.16. The van der Waals surface area contributed by atoms with Gasteiger partial charge in [-0.25, -0.2) is 0 Å². The molecule has 6 heteroatoms. The summed E-state index contributed by atoms with van der Waals surface area (Å²) < 4.78 is 0. The molecule has 0 bridgehead atoms. The number of hydrogen-bond acceptors (Lipinski definition) is 4. The van der Waals surface area contributed by atoms with Gasteiger partial charge in [-0.2, -0.15) is 4.80 Å². The lowest BCUT2D eigenvalue weighted by Crippen LogP contribution is -2.22. The van der Waals surface area contributed by atoms with Crippen LogP contribution in [0.2, 0.25) is 0 Å². The molecule has 5 nitrogen and oxygen atoms in total. The predicted molar refractivity (Wildman–Crippen MR) is 64.0 cm³/mol. The summed E-state index contributed by atoms with van der Waals surface area (Å²) in [5.74, 6) is 0.755. The smallest absolute Gasteiger partial charge is 0.201 e. The van der Waals surface area contributed by atoms with Gasteiger partial charge in [0.25, 0.3) is 0 Å². The van der Waals surface area contributed by atoms with Crippen molar-refractivity contribution in [3.05, 3.63) is 11.9 Å². The van der Waals surface area contributed by atoms with E-state index in [0.717, 1.165) is 30.9 Å². The third-order valence-electron chi connectivity index (χ3n) is 2.20. The van der Waals surface area contributed by atoms with Gasteiger partial charge in [-0.1, -0.05) is 6.08 Å². The van der Waals surface area contributed by atoms with Gasteiger partial charge in [-0.15, -0.1) is 27.2 Å². The average Bonchev–Trinajstić information content (AvgIpc) is 2.68. The van der Waals surface area contributed by atoms with Crippen molar-refractivity contribution in [2.45, 2.75) is 26.3 Å². The standard InChI is InChI=1S/C9H15N5.BrH/c1-7(2)14-12-9(11-13-14)8-4-3-5-10-6-8;/h4,7,10H,3,5-6H2,1-2H3;1H. The van der Waals surface area contributed by atoms with E-state index in [-0.39, 0.29) is 23.0 Å². The van der Waals surface area contributed by atoms with Gasteiger partial charge >= 0.3 is 0 Å². The monoisotopic (exact) mass is 273 g/mol. The van der Waals surface area contributed by atoms with Gasteiger partial charge in [0.1, 0.15) is 0 Å². The Bertz CT molecular complexity index is 344. The highest BCUT2D eigenvalue weighted by atomic mass is 79.9. The van der Waals surface area contributed by atoms with E-state index in [2.05, 4.69) is 26.8 Å². The molecule has 0 atom stereocenters. The van der Waals surface area contributed by atoms with E-state index in [0.29, 0.717) is 0 Å². The molecular formula is C9H16BrN5. The van der Waals surface area contributed by atoms with Crippen LogP contribution >= 0.6 is 17.0 Å². The molecule has 0 radical (unpaired) electrons. The normalized spacial score (nSPS) is 16.1. The maximum Gasteiger partial charge on any atom is 0.201 e. The van der Waals surface area contributed by atoms with Crippen molar-refractivity contribution in [3.63, 3.8) is 0 Å². The molecule has 0 aromatic carbocycles. The van der Waals surface area contributed by atoms with E-state index in [9.17, 15) is 0 Å². The fourth-order valence-corrected chi connectivity index (χ4v) is 1.39. The average molecular weight is 274 g/mol. The van der Waals surface area contributed by atoms with Gasteiger partial charge in [0.2, 0.25) is 5.82 Å². The Morgan fingerprint density at radius 3 is 2.80 bits per heavy atom. The molecule has 0 saturated heterocycles. The number of aromatic nitrogens is 4. The molecule has 1 aliphatic rings. The van der Waals surface area contributed by atoms with Crippen LogP contribution in [-0.2, 0) is 0 Å². The molecule has 2 rings (SSSR count). The molecule has 1 aromatic rings. The first-order valence-electron chi connectivity index (χ1n) is 4.97. The zero-order valence-electron chi connectivity index (χ0n) is 8.97. The van der Waals surface area contributed by atoms with Gasteiger partial charge in [0.05, 0.1) is 6.04 Å². The van der Waals surface area contributed by atoms with Crippen molar-refractivity contribution in [2.24, 2.45) is 0 Å². The van der Waals surface area contributed by atoms with Crippen LogP contribution in [0.4, 0.5) is 0 Å². The lowest BCUT2D eigenvalue weighted by molar-refractivity contribution is 0.454. The molecule has 0 fully saturated rings. The summed E-state index contributed by atoms with van der Waals surface area (Å²) in [6.45, 7) is 5.98. The Morgan fingerprint density at radius 1 is 1.47 bits per heavy atom. The number of nitrogens with one attached hydrogen (secondary N) is 1. The third-order valence-corrected chi connectivity index (χ3v) is 2.20. The van der Waals surface area contributed by atoms with Crippen LogP contribution in [0.25, 0.3) is 5.57 Å². The lowest BCUT2D eigenvalue weighted by atomic mass is 10.1. The maximum absolute atomic E-state index is 4.32. The van der Waals surface area contributed by atoms with Gasteiger partial charge in [-0.05, 0) is 32.0 Å². The second-order valence-electron chi connectivity index (χ2n) is 3.72. The minimum absolute atomic E-state index is 0. The molecular weight excluding hydrogens is 258 g/mol. The van der Waals surface area contributed by atoms with Crippen molar-refractivity contribution in [2.75, 3.05) is 13.1 Å². The molecule has 1 N–H and O–H groups in total. The van der Waals surface area contributed by atoms with Gasteiger partial charge < -0.3 is 5.32 Å². The van der Waals surface area contributed by atoms with Crippen LogP contribution in [0.5, 0.6) is 0 Å². The molecule has 0 aliphatic carbocycles. The second kappa shape index (κ2) is 5.37. The highest BCUT2D eigenvalue weighted by molar-refractivity contribution is 8.93. The van der Waals surface area contributed by atoms with E-state index in [1.807, 2.05) is 13.8 Å². The molecule has 2 heterocycles. The topological polar surface area (TPSA) is 55.6 Å². The number of tetrazole rings is 1. The lowest BCUT2D eigenvalue weighted by Gasteiger charge is -2.10. The molecule has 1 aromatic heterocycles. The zero-order valence-corrected chi connectivity index (χ0v) is 10.7. The van der Waals surface area contributed by atoms with E-state index < -0.39 is 0 Å². The molecule has 15 heavy (non-hydrogen) atoms. The van der Waals surface area contributed by atoms with E-state index in [1.165, 1.54) is 0 Å². The summed E-state index contributed by atoms with van der Waals surface area (Å²) in [6.07, 6.45) is 3.23. The van der Waals surface area contributed by atoms with Crippen molar-refractivity contribution in [3.8, 4) is 0 Å².